The van der Waals surface area contributed by atoms with Crippen molar-refractivity contribution >= 4 is 23.7 Å². The smallest absolute Gasteiger partial charge is 0.407 e. The summed E-state index contributed by atoms with van der Waals surface area (Å²) in [6, 6.07) is 10.3. The minimum absolute atomic E-state index is 0.179. The fraction of sp³-hybridized carbons (Fsp3) is 0.333. The normalized spacial score (nSPS) is 12.7. The van der Waals surface area contributed by atoms with Crippen LogP contribution >= 0.6 is 11.6 Å². The molecule has 0 spiro atoms. The maximum absolute atomic E-state index is 14.0. The Morgan fingerprint density at radius 3 is 2.52 bits per heavy atom. The van der Waals surface area contributed by atoms with Crippen LogP contribution in [0.15, 0.2) is 42.5 Å². The van der Waals surface area contributed by atoms with E-state index >= 15 is 0 Å². The van der Waals surface area contributed by atoms with E-state index in [-0.39, 0.29) is 18.8 Å². The third-order valence-electron chi connectivity index (χ3n) is 4.28. The second kappa shape index (κ2) is 10.8. The second-order valence-corrected chi connectivity index (χ2v) is 6.90. The van der Waals surface area contributed by atoms with Crippen LogP contribution in [0.1, 0.15) is 18.9 Å². The number of hydrogen-bond acceptors (Lipinski definition) is 5. The molecule has 0 radical (unpaired) electrons. The van der Waals surface area contributed by atoms with Gasteiger partial charge < -0.3 is 20.5 Å². The molecule has 29 heavy (non-hydrogen) atoms. The first-order valence-corrected chi connectivity index (χ1v) is 9.52. The maximum Gasteiger partial charge on any atom is 0.407 e. The molecule has 0 aliphatic rings. The van der Waals surface area contributed by atoms with Gasteiger partial charge in [-0.05, 0) is 49.1 Å². The van der Waals surface area contributed by atoms with Gasteiger partial charge in [0.05, 0.1) is 13.7 Å². The molecule has 3 N–H and O–H groups in total. The van der Waals surface area contributed by atoms with Crippen LogP contribution in [-0.2, 0) is 20.7 Å². The standard InChI is InChI=1S/C21H24ClFN2O4/c1-3-29-20(26)19(25-21(27)28-2)12-16(24)10-13-4-6-14(7-5-13)17-11-15(22)8-9-18(17)23/h4-9,11,16,19H,3,10,12,24H2,1-2H3,(H,25,27). The van der Waals surface area contributed by atoms with Crippen LogP contribution in [0.2, 0.25) is 5.02 Å². The summed E-state index contributed by atoms with van der Waals surface area (Å²) in [5, 5.41) is 2.89. The lowest BCUT2D eigenvalue weighted by molar-refractivity contribution is -0.145. The molecule has 0 saturated heterocycles. The van der Waals surface area contributed by atoms with Crippen molar-refractivity contribution in [3.05, 3.63) is 58.9 Å². The van der Waals surface area contributed by atoms with Gasteiger partial charge in [-0.3, -0.25) is 0 Å². The Morgan fingerprint density at radius 2 is 1.90 bits per heavy atom. The van der Waals surface area contributed by atoms with Gasteiger partial charge in [-0.1, -0.05) is 35.9 Å². The van der Waals surface area contributed by atoms with E-state index in [4.69, 9.17) is 22.1 Å². The molecule has 0 aliphatic heterocycles. The van der Waals surface area contributed by atoms with Crippen molar-refractivity contribution in [2.45, 2.75) is 31.8 Å². The molecule has 2 aromatic carbocycles. The molecular weight excluding hydrogens is 399 g/mol. The minimum Gasteiger partial charge on any atom is -0.464 e. The van der Waals surface area contributed by atoms with Gasteiger partial charge in [-0.15, -0.1) is 0 Å². The topological polar surface area (TPSA) is 90.6 Å². The summed E-state index contributed by atoms with van der Waals surface area (Å²) in [5.41, 5.74) is 8.19. The number of carbonyl (C=O) groups excluding carboxylic acids is 2. The highest BCUT2D eigenvalue weighted by Crippen LogP contribution is 2.26. The predicted molar refractivity (Wildman–Crippen MR) is 109 cm³/mol. The van der Waals surface area contributed by atoms with E-state index in [0.717, 1.165) is 5.56 Å². The molecule has 0 aliphatic carbocycles. The number of nitrogens with one attached hydrogen (secondary N) is 1. The van der Waals surface area contributed by atoms with Crippen LogP contribution < -0.4 is 11.1 Å². The van der Waals surface area contributed by atoms with Crippen LogP contribution in [-0.4, -0.2) is 37.9 Å². The first kappa shape index (κ1) is 22.6. The van der Waals surface area contributed by atoms with Gasteiger partial charge >= 0.3 is 12.1 Å². The monoisotopic (exact) mass is 422 g/mol. The summed E-state index contributed by atoms with van der Waals surface area (Å²) < 4.78 is 23.5. The van der Waals surface area contributed by atoms with Gasteiger partial charge in [-0.2, -0.15) is 0 Å². The Morgan fingerprint density at radius 1 is 1.21 bits per heavy atom. The SMILES string of the molecule is CCOC(=O)C(CC(N)Cc1ccc(-c2cc(Cl)ccc2F)cc1)NC(=O)OC. The van der Waals surface area contributed by atoms with Crippen molar-refractivity contribution in [3.8, 4) is 11.1 Å². The molecule has 0 fully saturated rings. The zero-order chi connectivity index (χ0) is 21.4. The fourth-order valence-corrected chi connectivity index (χ4v) is 3.06. The zero-order valence-corrected chi connectivity index (χ0v) is 17.0. The van der Waals surface area contributed by atoms with Gasteiger partial charge in [0.15, 0.2) is 0 Å². The molecule has 2 atom stereocenters. The quantitative estimate of drug-likeness (QED) is 0.633. The average molecular weight is 423 g/mol. The first-order chi connectivity index (χ1) is 13.8. The maximum atomic E-state index is 14.0. The Kier molecular flexibility index (Phi) is 8.42. The van der Waals surface area contributed by atoms with Crippen molar-refractivity contribution in [3.63, 3.8) is 0 Å². The van der Waals surface area contributed by atoms with Gasteiger partial charge in [-0.25, -0.2) is 14.0 Å². The number of rotatable bonds is 8. The molecule has 0 heterocycles. The number of halogens is 2. The number of nitrogens with two attached hydrogens (primary N) is 1. The lowest BCUT2D eigenvalue weighted by atomic mass is 9.97. The fourth-order valence-electron chi connectivity index (χ4n) is 2.89. The van der Waals surface area contributed by atoms with Crippen molar-refractivity contribution in [1.29, 1.82) is 0 Å². The van der Waals surface area contributed by atoms with Crippen molar-refractivity contribution < 1.29 is 23.5 Å². The predicted octanol–water partition coefficient (Wildman–Crippen LogP) is 3.69. The molecule has 2 unspecified atom stereocenters. The van der Waals surface area contributed by atoms with Crippen LogP contribution in [0.5, 0.6) is 0 Å². The van der Waals surface area contributed by atoms with E-state index < -0.39 is 24.1 Å². The largest absolute Gasteiger partial charge is 0.464 e. The first-order valence-electron chi connectivity index (χ1n) is 9.15. The van der Waals surface area contributed by atoms with Crippen LogP contribution in [0.3, 0.4) is 0 Å². The Labute approximate surface area is 174 Å². The number of carbonyl (C=O) groups is 2. The molecule has 2 aromatic rings. The number of alkyl carbamates (subject to hydrolysis) is 1. The number of methoxy groups -OCH3 is 1. The van der Waals surface area contributed by atoms with E-state index in [2.05, 4.69) is 10.1 Å². The van der Waals surface area contributed by atoms with Gasteiger partial charge in [0, 0.05) is 16.6 Å². The molecule has 8 heteroatoms. The summed E-state index contributed by atoms with van der Waals surface area (Å²) in [6.45, 7) is 1.87. The van der Waals surface area contributed by atoms with Crippen LogP contribution in [0.4, 0.5) is 9.18 Å². The van der Waals surface area contributed by atoms with Crippen molar-refractivity contribution in [1.82, 2.24) is 5.32 Å². The van der Waals surface area contributed by atoms with Gasteiger partial charge in [0.2, 0.25) is 0 Å². The number of esters is 1. The summed E-state index contributed by atoms with van der Waals surface area (Å²) in [7, 11) is 1.21. The van der Waals surface area contributed by atoms with Crippen LogP contribution in [0, 0.1) is 5.82 Å². The average Bonchev–Trinajstić information content (AvgIpc) is 2.70. The summed E-state index contributed by atoms with van der Waals surface area (Å²) in [4.78, 5) is 23.5. The molecule has 0 bridgehead atoms. The number of amides is 1. The third-order valence-corrected chi connectivity index (χ3v) is 4.51. The lowest BCUT2D eigenvalue weighted by Gasteiger charge is -2.20. The van der Waals surface area contributed by atoms with Gasteiger partial charge in [0.1, 0.15) is 11.9 Å². The Hall–Kier alpha value is -2.64. The van der Waals surface area contributed by atoms with Gasteiger partial charge in [0.25, 0.3) is 0 Å². The second-order valence-electron chi connectivity index (χ2n) is 6.46. The Bertz CT molecular complexity index is 845. The molecule has 1 amide bonds. The molecular formula is C21H24ClFN2O4. The highest BCUT2D eigenvalue weighted by atomic mass is 35.5. The minimum atomic E-state index is -0.905. The highest BCUT2D eigenvalue weighted by molar-refractivity contribution is 6.30. The molecule has 0 aromatic heterocycles. The van der Waals surface area contributed by atoms with Crippen molar-refractivity contribution in [2.24, 2.45) is 5.73 Å². The van der Waals surface area contributed by atoms with E-state index in [1.165, 1.54) is 19.2 Å². The highest BCUT2D eigenvalue weighted by Gasteiger charge is 2.25. The summed E-state index contributed by atoms with van der Waals surface area (Å²) >= 11 is 5.95. The molecule has 6 nitrogen and oxygen atoms in total. The molecule has 156 valence electrons. The summed E-state index contributed by atoms with van der Waals surface area (Å²) in [5.74, 6) is -0.926. The number of hydrogen-bond donors (Lipinski definition) is 2. The summed E-state index contributed by atoms with van der Waals surface area (Å²) in [6.07, 6.45) is -0.0986. The number of benzene rings is 2. The van der Waals surface area contributed by atoms with Crippen molar-refractivity contribution in [2.75, 3.05) is 13.7 Å². The van der Waals surface area contributed by atoms with Crippen LogP contribution in [0.25, 0.3) is 11.1 Å². The zero-order valence-electron chi connectivity index (χ0n) is 16.3. The third kappa shape index (κ3) is 6.73. The van der Waals surface area contributed by atoms with E-state index in [1.54, 1.807) is 25.1 Å². The molecule has 0 saturated carbocycles. The van der Waals surface area contributed by atoms with E-state index in [1.807, 2.05) is 12.1 Å². The van der Waals surface area contributed by atoms with E-state index in [0.29, 0.717) is 22.6 Å². The molecule has 2 rings (SSSR count). The number of ether oxygens (including phenoxy) is 2. The lowest BCUT2D eigenvalue weighted by Crippen LogP contribution is -2.45. The Balaban J connectivity index is 2.05. The van der Waals surface area contributed by atoms with E-state index in [9.17, 15) is 14.0 Å².